The summed E-state index contributed by atoms with van der Waals surface area (Å²) in [5, 5.41) is 6.49. The smallest absolute Gasteiger partial charge is 0.264 e. The van der Waals surface area contributed by atoms with E-state index in [1.54, 1.807) is 0 Å². The van der Waals surface area contributed by atoms with Crippen molar-refractivity contribution in [2.45, 2.75) is 31.7 Å². The van der Waals surface area contributed by atoms with E-state index in [2.05, 4.69) is 36.0 Å². The van der Waals surface area contributed by atoms with Crippen LogP contribution in [0.5, 0.6) is 0 Å². The molecule has 0 saturated carbocycles. The second-order valence-electron chi connectivity index (χ2n) is 7.64. The van der Waals surface area contributed by atoms with E-state index in [1.807, 2.05) is 60.7 Å². The number of hydrogen-bond acceptors (Lipinski definition) is 5. The first-order valence-electron chi connectivity index (χ1n) is 9.34. The minimum atomic E-state index is -3.97. The van der Waals surface area contributed by atoms with Crippen LogP contribution in [0.25, 0.3) is 0 Å². The molecule has 3 rings (SSSR count). The first-order valence-corrected chi connectivity index (χ1v) is 11.0. The number of rotatable bonds is 7. The number of para-hydroxylation sites is 2. The highest BCUT2D eigenvalue weighted by molar-refractivity contribution is 7.85. The van der Waals surface area contributed by atoms with Crippen LogP contribution in [0.4, 0.5) is 11.4 Å². The molecule has 1 N–H and O–H groups in total. The lowest BCUT2D eigenvalue weighted by molar-refractivity contribution is 0.477. The van der Waals surface area contributed by atoms with Gasteiger partial charge in [0.25, 0.3) is 10.1 Å². The zero-order valence-corrected chi connectivity index (χ0v) is 17.3. The predicted molar refractivity (Wildman–Crippen MR) is 115 cm³/mol. The molecular weight excluding hydrogens is 374 g/mol. The van der Waals surface area contributed by atoms with Gasteiger partial charge in [-0.3, -0.25) is 9.56 Å². The number of fused-ring (bicyclic) bond motifs is 1. The SMILES string of the molecule is CN(N=CC1N(CCCS(=O)(=O)O)c2ccccc2C1(C)C)c1ccccc1. The minimum Gasteiger partial charge on any atom is -0.362 e. The van der Waals surface area contributed by atoms with Gasteiger partial charge in [-0.05, 0) is 30.2 Å². The molecule has 2 aromatic rings. The lowest BCUT2D eigenvalue weighted by Gasteiger charge is -2.32. The molecular formula is C21H27N3O3S. The average molecular weight is 402 g/mol. The molecule has 0 spiro atoms. The predicted octanol–water partition coefficient (Wildman–Crippen LogP) is 3.55. The molecule has 0 aliphatic carbocycles. The van der Waals surface area contributed by atoms with Gasteiger partial charge in [0.15, 0.2) is 0 Å². The summed E-state index contributed by atoms with van der Waals surface area (Å²) >= 11 is 0. The summed E-state index contributed by atoms with van der Waals surface area (Å²) in [4.78, 5) is 2.18. The Morgan fingerprint density at radius 2 is 1.79 bits per heavy atom. The zero-order valence-electron chi connectivity index (χ0n) is 16.5. The molecule has 150 valence electrons. The van der Waals surface area contributed by atoms with E-state index in [9.17, 15) is 8.42 Å². The van der Waals surface area contributed by atoms with Crippen molar-refractivity contribution in [3.63, 3.8) is 0 Å². The summed E-state index contributed by atoms with van der Waals surface area (Å²) in [5.74, 6) is -0.250. The molecule has 2 aromatic carbocycles. The van der Waals surface area contributed by atoms with E-state index >= 15 is 0 Å². The molecule has 6 nitrogen and oxygen atoms in total. The van der Waals surface area contributed by atoms with Gasteiger partial charge in [0.2, 0.25) is 0 Å². The quantitative estimate of drug-likeness (QED) is 0.436. The van der Waals surface area contributed by atoms with E-state index < -0.39 is 10.1 Å². The molecule has 0 bridgehead atoms. The Hall–Kier alpha value is -2.38. The van der Waals surface area contributed by atoms with Crippen molar-refractivity contribution < 1.29 is 13.0 Å². The fourth-order valence-electron chi connectivity index (χ4n) is 3.78. The maximum atomic E-state index is 11.1. The maximum Gasteiger partial charge on any atom is 0.264 e. The van der Waals surface area contributed by atoms with E-state index in [-0.39, 0.29) is 17.2 Å². The van der Waals surface area contributed by atoms with Crippen LogP contribution in [-0.2, 0) is 15.5 Å². The van der Waals surface area contributed by atoms with Gasteiger partial charge in [0.05, 0.1) is 17.5 Å². The molecule has 1 aliphatic rings. The Kier molecular flexibility index (Phi) is 5.76. The van der Waals surface area contributed by atoms with Crippen LogP contribution in [0.2, 0.25) is 0 Å². The van der Waals surface area contributed by atoms with Crippen molar-refractivity contribution in [3.05, 3.63) is 60.2 Å². The fraction of sp³-hybridized carbons (Fsp3) is 0.381. The van der Waals surface area contributed by atoms with Crippen molar-refractivity contribution >= 4 is 27.7 Å². The van der Waals surface area contributed by atoms with E-state index in [4.69, 9.17) is 4.55 Å². The fourth-order valence-corrected chi connectivity index (χ4v) is 4.28. The number of anilines is 2. The lowest BCUT2D eigenvalue weighted by atomic mass is 9.81. The Morgan fingerprint density at radius 1 is 1.14 bits per heavy atom. The van der Waals surface area contributed by atoms with Gasteiger partial charge in [-0.1, -0.05) is 50.2 Å². The van der Waals surface area contributed by atoms with Gasteiger partial charge in [-0.25, -0.2) is 0 Å². The van der Waals surface area contributed by atoms with Crippen LogP contribution in [0.3, 0.4) is 0 Å². The van der Waals surface area contributed by atoms with Crippen molar-refractivity contribution in [2.24, 2.45) is 5.10 Å². The number of hydrazone groups is 1. The molecule has 28 heavy (non-hydrogen) atoms. The van der Waals surface area contributed by atoms with Gasteiger partial charge in [0.1, 0.15) is 0 Å². The summed E-state index contributed by atoms with van der Waals surface area (Å²) in [5.41, 5.74) is 3.10. The first-order chi connectivity index (χ1) is 13.2. The van der Waals surface area contributed by atoms with Crippen molar-refractivity contribution in [1.29, 1.82) is 0 Å². The molecule has 0 aromatic heterocycles. The third-order valence-corrected chi connectivity index (χ3v) is 6.10. The van der Waals surface area contributed by atoms with Crippen molar-refractivity contribution in [1.82, 2.24) is 0 Å². The second kappa shape index (κ2) is 7.93. The zero-order chi connectivity index (χ0) is 20.4. The summed E-state index contributed by atoms with van der Waals surface area (Å²) in [6.07, 6.45) is 2.28. The molecule has 1 atom stereocenters. The Bertz CT molecular complexity index is 942. The second-order valence-corrected chi connectivity index (χ2v) is 9.21. The van der Waals surface area contributed by atoms with E-state index in [1.165, 1.54) is 5.56 Å². The molecule has 1 heterocycles. The molecule has 1 aliphatic heterocycles. The van der Waals surface area contributed by atoms with Gasteiger partial charge in [0, 0.05) is 30.9 Å². The highest BCUT2D eigenvalue weighted by atomic mass is 32.2. The summed E-state index contributed by atoms with van der Waals surface area (Å²) in [7, 11) is -2.06. The third kappa shape index (κ3) is 4.36. The first kappa shape index (κ1) is 20.4. The van der Waals surface area contributed by atoms with Crippen LogP contribution in [0.15, 0.2) is 59.7 Å². The van der Waals surface area contributed by atoms with Crippen LogP contribution in [0, 0.1) is 0 Å². The Balaban J connectivity index is 1.86. The number of hydrogen-bond donors (Lipinski definition) is 1. The van der Waals surface area contributed by atoms with E-state index in [0.29, 0.717) is 13.0 Å². The molecule has 0 fully saturated rings. The Morgan fingerprint density at radius 3 is 2.46 bits per heavy atom. The Labute approximate surface area is 167 Å². The molecule has 0 saturated heterocycles. The van der Waals surface area contributed by atoms with Crippen LogP contribution in [0.1, 0.15) is 25.8 Å². The van der Waals surface area contributed by atoms with Gasteiger partial charge in [-0.15, -0.1) is 0 Å². The average Bonchev–Trinajstić information content (AvgIpc) is 2.87. The van der Waals surface area contributed by atoms with Crippen molar-refractivity contribution in [3.8, 4) is 0 Å². The largest absolute Gasteiger partial charge is 0.362 e. The molecule has 0 amide bonds. The van der Waals surface area contributed by atoms with Gasteiger partial charge < -0.3 is 4.90 Å². The standard InChI is InChI=1S/C21H27N3O3S/c1-21(2)18-12-7-8-13-19(18)24(14-9-15-28(25,26)27)20(21)16-22-23(3)17-10-5-4-6-11-17/h4-8,10-13,16,20H,9,14-15H2,1-3H3,(H,25,26,27). The summed E-state index contributed by atoms with van der Waals surface area (Å²) < 4.78 is 31.3. The maximum absolute atomic E-state index is 11.1. The topological polar surface area (TPSA) is 73.2 Å². The van der Waals surface area contributed by atoms with Gasteiger partial charge >= 0.3 is 0 Å². The normalized spacial score (nSPS) is 18.4. The molecule has 1 unspecified atom stereocenters. The monoisotopic (exact) mass is 401 g/mol. The van der Waals surface area contributed by atoms with Crippen LogP contribution < -0.4 is 9.91 Å². The van der Waals surface area contributed by atoms with Crippen LogP contribution >= 0.6 is 0 Å². The minimum absolute atomic E-state index is 0.0301. The van der Waals surface area contributed by atoms with E-state index in [0.717, 1.165) is 11.4 Å². The molecule has 0 radical (unpaired) electrons. The number of nitrogens with zero attached hydrogens (tertiary/aromatic N) is 3. The van der Waals surface area contributed by atoms with Gasteiger partial charge in [-0.2, -0.15) is 13.5 Å². The molecule has 7 heteroatoms. The highest BCUT2D eigenvalue weighted by Gasteiger charge is 2.43. The lowest BCUT2D eigenvalue weighted by Crippen LogP contribution is -2.44. The summed E-state index contributed by atoms with van der Waals surface area (Å²) in [6, 6.07) is 18.0. The third-order valence-electron chi connectivity index (χ3n) is 5.30. The van der Waals surface area contributed by atoms with Crippen molar-refractivity contribution in [2.75, 3.05) is 29.3 Å². The highest BCUT2D eigenvalue weighted by Crippen LogP contribution is 2.44. The summed E-state index contributed by atoms with van der Waals surface area (Å²) in [6.45, 7) is 4.87. The number of benzene rings is 2. The van der Waals surface area contributed by atoms with Crippen LogP contribution in [-0.4, -0.2) is 44.6 Å².